The van der Waals surface area contributed by atoms with Crippen molar-refractivity contribution in [3.63, 3.8) is 0 Å². The molecule has 3 aromatic rings. The molecule has 3 aliphatic rings. The van der Waals surface area contributed by atoms with E-state index in [4.69, 9.17) is 14.7 Å². The van der Waals surface area contributed by atoms with Crippen LogP contribution >= 0.6 is 0 Å². The van der Waals surface area contributed by atoms with Gasteiger partial charge in [0.05, 0.1) is 11.3 Å². The fraction of sp³-hybridized carbons (Fsp3) is 0.348. The molecule has 2 aromatic heterocycles. The number of anilines is 2. The fourth-order valence-electron chi connectivity index (χ4n) is 4.57. The average molecular weight is 370 g/mol. The van der Waals surface area contributed by atoms with Crippen LogP contribution in [0.2, 0.25) is 0 Å². The molecule has 6 rings (SSSR count). The molecule has 0 saturated heterocycles. The highest BCUT2D eigenvalue weighted by atomic mass is 16.5. The van der Waals surface area contributed by atoms with Crippen LogP contribution in [-0.4, -0.2) is 28.6 Å². The van der Waals surface area contributed by atoms with Crippen LogP contribution in [-0.2, 0) is 15.8 Å². The Hall–Kier alpha value is -2.79. The standard InChI is InChI=1S/C23H22N4O/c1-28-23(9-10-23)17-5-6-18-20(12-17)27(15-22(18)7-8-22)21-25-13-16(14-26-21)19-4-2-3-11-24-19/h2-6,11-14H,7-10,15H2,1H3. The Kier molecular flexibility index (Phi) is 3.24. The number of benzene rings is 1. The number of pyridine rings is 1. The summed E-state index contributed by atoms with van der Waals surface area (Å²) in [5.41, 5.74) is 6.03. The van der Waals surface area contributed by atoms with Gasteiger partial charge in [-0.05, 0) is 55.0 Å². The number of fused-ring (bicyclic) bond motifs is 2. The lowest BCUT2D eigenvalue weighted by Gasteiger charge is -2.20. The van der Waals surface area contributed by atoms with Crippen molar-refractivity contribution in [3.05, 3.63) is 66.1 Å². The lowest BCUT2D eigenvalue weighted by molar-refractivity contribution is 0.0789. The van der Waals surface area contributed by atoms with E-state index in [-0.39, 0.29) is 5.60 Å². The van der Waals surface area contributed by atoms with Crippen LogP contribution in [0.5, 0.6) is 0 Å². The Labute approximate surface area is 164 Å². The van der Waals surface area contributed by atoms with Crippen LogP contribution in [0.25, 0.3) is 11.3 Å². The summed E-state index contributed by atoms with van der Waals surface area (Å²) >= 11 is 0. The highest BCUT2D eigenvalue weighted by Gasteiger charge is 2.53. The first kappa shape index (κ1) is 16.2. The monoisotopic (exact) mass is 370 g/mol. The van der Waals surface area contributed by atoms with Crippen LogP contribution in [0.15, 0.2) is 55.0 Å². The molecule has 5 nitrogen and oxygen atoms in total. The van der Waals surface area contributed by atoms with E-state index < -0.39 is 0 Å². The zero-order chi connectivity index (χ0) is 18.8. The fourth-order valence-corrected chi connectivity index (χ4v) is 4.57. The lowest BCUT2D eigenvalue weighted by atomic mass is 9.95. The van der Waals surface area contributed by atoms with Crippen molar-refractivity contribution in [1.82, 2.24) is 15.0 Å². The smallest absolute Gasteiger partial charge is 0.229 e. The zero-order valence-electron chi connectivity index (χ0n) is 15.9. The van der Waals surface area contributed by atoms with Crippen LogP contribution in [0.1, 0.15) is 36.8 Å². The molecule has 0 unspecified atom stereocenters. The molecule has 0 N–H and O–H groups in total. The largest absolute Gasteiger partial charge is 0.374 e. The van der Waals surface area contributed by atoms with Crippen molar-refractivity contribution in [3.8, 4) is 11.3 Å². The van der Waals surface area contributed by atoms with Gasteiger partial charge in [-0.3, -0.25) is 4.98 Å². The quantitative estimate of drug-likeness (QED) is 0.683. The molecule has 5 heteroatoms. The van der Waals surface area contributed by atoms with Gasteiger partial charge in [-0.1, -0.05) is 18.2 Å². The predicted octanol–water partition coefficient (Wildman–Crippen LogP) is 4.36. The number of aromatic nitrogens is 3. The Morgan fingerprint density at radius 2 is 1.79 bits per heavy atom. The summed E-state index contributed by atoms with van der Waals surface area (Å²) in [6.07, 6.45) is 10.2. The Morgan fingerprint density at radius 1 is 0.964 bits per heavy atom. The Bertz CT molecular complexity index is 1040. The van der Waals surface area contributed by atoms with Crippen molar-refractivity contribution in [2.24, 2.45) is 0 Å². The van der Waals surface area contributed by atoms with Gasteiger partial charge in [-0.2, -0.15) is 0 Å². The molecule has 28 heavy (non-hydrogen) atoms. The number of nitrogens with zero attached hydrogens (tertiary/aromatic N) is 4. The molecule has 1 aromatic carbocycles. The third-order valence-electron chi connectivity index (χ3n) is 6.64. The van der Waals surface area contributed by atoms with E-state index in [2.05, 4.69) is 28.1 Å². The highest BCUT2D eigenvalue weighted by Crippen LogP contribution is 2.59. The maximum absolute atomic E-state index is 5.81. The second-order valence-corrected chi connectivity index (χ2v) is 8.28. The van der Waals surface area contributed by atoms with E-state index >= 15 is 0 Å². The summed E-state index contributed by atoms with van der Waals surface area (Å²) in [6, 6.07) is 12.8. The molecule has 0 amide bonds. The van der Waals surface area contributed by atoms with E-state index in [1.165, 1.54) is 29.7 Å². The SMILES string of the molecule is COC1(c2ccc3c(c2)N(c2ncc(-c4ccccn4)cn2)CC32CC2)CC1. The molecule has 2 saturated carbocycles. The first-order chi connectivity index (χ1) is 13.7. The average Bonchev–Trinajstić information content (AvgIpc) is 3.67. The van der Waals surface area contributed by atoms with E-state index in [1.807, 2.05) is 37.7 Å². The van der Waals surface area contributed by atoms with Crippen LogP contribution in [0.3, 0.4) is 0 Å². The van der Waals surface area contributed by atoms with Gasteiger partial charge in [-0.15, -0.1) is 0 Å². The van der Waals surface area contributed by atoms with Gasteiger partial charge in [0.2, 0.25) is 5.95 Å². The molecule has 0 radical (unpaired) electrons. The van der Waals surface area contributed by atoms with Crippen LogP contribution in [0.4, 0.5) is 11.6 Å². The Morgan fingerprint density at radius 3 is 2.43 bits per heavy atom. The van der Waals surface area contributed by atoms with E-state index in [9.17, 15) is 0 Å². The summed E-state index contributed by atoms with van der Waals surface area (Å²) in [4.78, 5) is 16.1. The summed E-state index contributed by atoms with van der Waals surface area (Å²) in [7, 11) is 1.82. The third kappa shape index (κ3) is 2.32. The highest BCUT2D eigenvalue weighted by molar-refractivity contribution is 5.72. The van der Waals surface area contributed by atoms with Gasteiger partial charge in [-0.25, -0.2) is 9.97 Å². The second-order valence-electron chi connectivity index (χ2n) is 8.28. The molecule has 1 aliphatic heterocycles. The minimum absolute atomic E-state index is 0.0797. The molecule has 2 aliphatic carbocycles. The number of hydrogen-bond donors (Lipinski definition) is 0. The van der Waals surface area contributed by atoms with Gasteiger partial charge in [0.25, 0.3) is 0 Å². The first-order valence-corrected chi connectivity index (χ1v) is 9.94. The van der Waals surface area contributed by atoms with Gasteiger partial charge in [0.1, 0.15) is 0 Å². The molecule has 2 fully saturated rings. The van der Waals surface area contributed by atoms with E-state index in [0.29, 0.717) is 5.41 Å². The molecular formula is C23H22N4O. The minimum atomic E-state index is -0.0797. The van der Waals surface area contributed by atoms with E-state index in [1.54, 1.807) is 6.20 Å². The molecule has 1 spiro atoms. The number of hydrogen-bond acceptors (Lipinski definition) is 5. The van der Waals surface area contributed by atoms with Gasteiger partial charge < -0.3 is 9.64 Å². The molecule has 0 bridgehead atoms. The van der Waals surface area contributed by atoms with Crippen LogP contribution < -0.4 is 4.90 Å². The maximum atomic E-state index is 5.81. The number of ether oxygens (including phenoxy) is 1. The predicted molar refractivity (Wildman–Crippen MR) is 108 cm³/mol. The van der Waals surface area contributed by atoms with Crippen molar-refractivity contribution in [2.75, 3.05) is 18.6 Å². The third-order valence-corrected chi connectivity index (χ3v) is 6.64. The normalized spacial score (nSPS) is 20.2. The lowest BCUT2D eigenvalue weighted by Crippen LogP contribution is -2.21. The zero-order valence-corrected chi connectivity index (χ0v) is 15.9. The van der Waals surface area contributed by atoms with Gasteiger partial charge in [0, 0.05) is 48.9 Å². The van der Waals surface area contributed by atoms with Crippen molar-refractivity contribution in [1.29, 1.82) is 0 Å². The number of methoxy groups -OCH3 is 1. The maximum Gasteiger partial charge on any atom is 0.229 e. The van der Waals surface area contributed by atoms with Crippen LogP contribution in [0, 0.1) is 0 Å². The molecule has 3 heterocycles. The number of rotatable bonds is 4. The second kappa shape index (κ2) is 5.61. The summed E-state index contributed by atoms with van der Waals surface area (Å²) < 4.78 is 5.81. The van der Waals surface area contributed by atoms with E-state index in [0.717, 1.165) is 36.6 Å². The van der Waals surface area contributed by atoms with Gasteiger partial charge in [0.15, 0.2) is 0 Å². The molecule has 0 atom stereocenters. The topological polar surface area (TPSA) is 51.1 Å². The van der Waals surface area contributed by atoms with Crippen molar-refractivity contribution < 1.29 is 4.74 Å². The molecular weight excluding hydrogens is 348 g/mol. The van der Waals surface area contributed by atoms with Crippen molar-refractivity contribution >= 4 is 11.6 Å². The summed E-state index contributed by atoms with van der Waals surface area (Å²) in [6.45, 7) is 0.967. The van der Waals surface area contributed by atoms with Crippen molar-refractivity contribution in [2.45, 2.75) is 36.7 Å². The summed E-state index contributed by atoms with van der Waals surface area (Å²) in [5, 5.41) is 0. The summed E-state index contributed by atoms with van der Waals surface area (Å²) in [5.74, 6) is 0.768. The van der Waals surface area contributed by atoms with Gasteiger partial charge >= 0.3 is 0 Å². The minimum Gasteiger partial charge on any atom is -0.374 e. The molecule has 140 valence electrons. The first-order valence-electron chi connectivity index (χ1n) is 9.94. The Balaban J connectivity index is 1.38.